The number of hydrogen-bond donors (Lipinski definition) is 2. The normalized spacial score (nSPS) is 13.1. The van der Waals surface area contributed by atoms with Crippen LogP contribution in [-0.2, 0) is 10.9 Å². The Labute approximate surface area is 189 Å². The van der Waals surface area contributed by atoms with E-state index < -0.39 is 17.8 Å². The lowest BCUT2D eigenvalue weighted by molar-refractivity contribution is -0.136. The average molecular weight is 452 g/mol. The van der Waals surface area contributed by atoms with Gasteiger partial charge in [-0.25, -0.2) is 4.79 Å². The highest BCUT2D eigenvalue weighted by Gasteiger charge is 2.33. The Kier molecular flexibility index (Phi) is 6.40. The summed E-state index contributed by atoms with van der Waals surface area (Å²) in [5, 5.41) is 2.67. The fourth-order valence-corrected chi connectivity index (χ4v) is 4.05. The third kappa shape index (κ3) is 5.03. The number of carbonyl (C=O) groups is 1. The van der Waals surface area contributed by atoms with Crippen molar-refractivity contribution in [2.45, 2.75) is 18.5 Å². The molecule has 0 atom stereocenters. The standard InChI is InChI=1S/C26H23F3N2O2/c27-26(28,29)23-15-17(12-13-24(23)30)7-5-6-14-31-25(32)33-16-22-20-10-3-1-8-18(20)19-9-2-4-11-21(19)22/h1-5,7-13,15,22H,6,14,16,30H2,(H,31,32). The Morgan fingerprint density at radius 1 is 1.00 bits per heavy atom. The van der Waals surface area contributed by atoms with E-state index >= 15 is 0 Å². The fourth-order valence-electron chi connectivity index (χ4n) is 4.05. The molecule has 0 saturated heterocycles. The number of ether oxygens (including phenoxy) is 1. The maximum absolute atomic E-state index is 12.9. The highest BCUT2D eigenvalue weighted by molar-refractivity contribution is 5.79. The van der Waals surface area contributed by atoms with Crippen molar-refractivity contribution in [3.63, 3.8) is 0 Å². The van der Waals surface area contributed by atoms with Crippen molar-refractivity contribution in [3.05, 3.63) is 95.1 Å². The van der Waals surface area contributed by atoms with E-state index in [0.29, 0.717) is 18.5 Å². The van der Waals surface area contributed by atoms with Gasteiger partial charge >= 0.3 is 12.3 Å². The predicted molar refractivity (Wildman–Crippen MR) is 123 cm³/mol. The van der Waals surface area contributed by atoms with Gasteiger partial charge in [0, 0.05) is 18.2 Å². The number of hydrogen-bond acceptors (Lipinski definition) is 3. The lowest BCUT2D eigenvalue weighted by Gasteiger charge is -2.14. The number of carbonyl (C=O) groups excluding carboxylic acids is 1. The average Bonchev–Trinajstić information content (AvgIpc) is 3.11. The van der Waals surface area contributed by atoms with Crippen LogP contribution in [0.15, 0.2) is 72.8 Å². The number of halogens is 3. The van der Waals surface area contributed by atoms with Crippen molar-refractivity contribution in [1.29, 1.82) is 0 Å². The zero-order valence-electron chi connectivity index (χ0n) is 17.7. The predicted octanol–water partition coefficient (Wildman–Crippen LogP) is 6.23. The van der Waals surface area contributed by atoms with Crippen LogP contribution in [0.25, 0.3) is 17.2 Å². The van der Waals surface area contributed by atoms with Gasteiger partial charge in [-0.2, -0.15) is 13.2 Å². The van der Waals surface area contributed by atoms with E-state index in [9.17, 15) is 18.0 Å². The fraction of sp³-hybridized carbons (Fsp3) is 0.192. The minimum absolute atomic E-state index is 0.0172. The largest absolute Gasteiger partial charge is 0.449 e. The number of alkyl halides is 3. The number of rotatable bonds is 6. The first kappa shape index (κ1) is 22.5. The summed E-state index contributed by atoms with van der Waals surface area (Å²) in [5.74, 6) is -0.0172. The minimum atomic E-state index is -4.50. The molecular weight excluding hydrogens is 429 g/mol. The quantitative estimate of drug-likeness (QED) is 0.344. The van der Waals surface area contributed by atoms with E-state index in [1.807, 2.05) is 36.4 Å². The summed E-state index contributed by atoms with van der Waals surface area (Å²) in [6, 6.07) is 19.9. The van der Waals surface area contributed by atoms with E-state index in [0.717, 1.165) is 28.3 Å². The van der Waals surface area contributed by atoms with Gasteiger partial charge in [0.1, 0.15) is 6.61 Å². The molecule has 33 heavy (non-hydrogen) atoms. The summed E-state index contributed by atoms with van der Waals surface area (Å²) >= 11 is 0. The highest BCUT2D eigenvalue weighted by atomic mass is 19.4. The molecule has 0 spiro atoms. The molecule has 4 rings (SSSR count). The second-order valence-electron chi connectivity index (χ2n) is 7.79. The molecule has 3 aromatic carbocycles. The van der Waals surface area contributed by atoms with Crippen LogP contribution < -0.4 is 11.1 Å². The maximum atomic E-state index is 12.9. The topological polar surface area (TPSA) is 64.3 Å². The van der Waals surface area contributed by atoms with Crippen LogP contribution in [0.4, 0.5) is 23.7 Å². The summed E-state index contributed by atoms with van der Waals surface area (Å²) < 4.78 is 44.3. The molecule has 7 heteroatoms. The number of alkyl carbamates (subject to hydrolysis) is 1. The van der Waals surface area contributed by atoms with Crippen LogP contribution in [0.1, 0.15) is 34.6 Å². The van der Waals surface area contributed by atoms with Gasteiger partial charge < -0.3 is 15.8 Å². The van der Waals surface area contributed by atoms with Crippen LogP contribution in [-0.4, -0.2) is 19.2 Å². The number of anilines is 1. The van der Waals surface area contributed by atoms with Crippen LogP contribution >= 0.6 is 0 Å². The molecule has 0 bridgehead atoms. The van der Waals surface area contributed by atoms with Crippen molar-refractivity contribution in [2.75, 3.05) is 18.9 Å². The number of nitrogens with one attached hydrogen (secondary N) is 1. The van der Waals surface area contributed by atoms with E-state index in [-0.39, 0.29) is 18.2 Å². The first-order chi connectivity index (χ1) is 15.8. The Morgan fingerprint density at radius 2 is 1.64 bits per heavy atom. The SMILES string of the molecule is Nc1ccc(C=CCCNC(=O)OCC2c3ccccc3-c3ccccc32)cc1C(F)(F)F. The van der Waals surface area contributed by atoms with Gasteiger partial charge in [-0.15, -0.1) is 0 Å². The highest BCUT2D eigenvalue weighted by Crippen LogP contribution is 2.44. The molecule has 3 aromatic rings. The molecule has 0 saturated carbocycles. The van der Waals surface area contributed by atoms with Gasteiger partial charge in [0.15, 0.2) is 0 Å². The van der Waals surface area contributed by atoms with Crippen molar-refractivity contribution in [2.24, 2.45) is 0 Å². The van der Waals surface area contributed by atoms with Crippen LogP contribution in [0.2, 0.25) is 0 Å². The molecule has 0 aliphatic heterocycles. The maximum Gasteiger partial charge on any atom is 0.418 e. The van der Waals surface area contributed by atoms with Gasteiger partial charge in [-0.05, 0) is 46.4 Å². The summed E-state index contributed by atoms with van der Waals surface area (Å²) in [4.78, 5) is 12.2. The first-order valence-electron chi connectivity index (χ1n) is 10.6. The molecule has 0 radical (unpaired) electrons. The Hall–Kier alpha value is -3.74. The first-order valence-corrected chi connectivity index (χ1v) is 10.6. The van der Waals surface area contributed by atoms with Gasteiger partial charge in [-0.1, -0.05) is 66.7 Å². The van der Waals surface area contributed by atoms with E-state index in [4.69, 9.17) is 10.5 Å². The molecule has 0 heterocycles. The number of nitrogen functional groups attached to an aromatic ring is 1. The molecule has 4 nitrogen and oxygen atoms in total. The molecule has 1 amide bonds. The van der Waals surface area contributed by atoms with Crippen molar-refractivity contribution in [1.82, 2.24) is 5.32 Å². The zero-order valence-corrected chi connectivity index (χ0v) is 17.7. The molecule has 1 aliphatic carbocycles. The minimum Gasteiger partial charge on any atom is -0.449 e. The summed E-state index contributed by atoms with van der Waals surface area (Å²) in [6.07, 6.45) is -1.34. The molecule has 0 unspecified atom stereocenters. The van der Waals surface area contributed by atoms with Gasteiger partial charge in [0.25, 0.3) is 0 Å². The second-order valence-corrected chi connectivity index (χ2v) is 7.79. The van der Waals surface area contributed by atoms with Gasteiger partial charge in [0.2, 0.25) is 0 Å². The number of benzene rings is 3. The molecule has 3 N–H and O–H groups in total. The summed E-state index contributed by atoms with van der Waals surface area (Å²) in [7, 11) is 0. The van der Waals surface area contributed by atoms with Crippen molar-refractivity contribution in [3.8, 4) is 11.1 Å². The van der Waals surface area contributed by atoms with Crippen molar-refractivity contribution >= 4 is 17.9 Å². The van der Waals surface area contributed by atoms with Crippen molar-refractivity contribution < 1.29 is 22.7 Å². The molecule has 170 valence electrons. The molecule has 1 aliphatic rings. The Bertz CT molecular complexity index is 1140. The summed E-state index contributed by atoms with van der Waals surface area (Å²) in [6.45, 7) is 0.523. The van der Waals surface area contributed by atoms with E-state index in [1.165, 1.54) is 12.1 Å². The smallest absolute Gasteiger partial charge is 0.418 e. The molecule has 0 aromatic heterocycles. The monoisotopic (exact) mass is 452 g/mol. The van der Waals surface area contributed by atoms with E-state index in [2.05, 4.69) is 17.4 Å². The van der Waals surface area contributed by atoms with E-state index in [1.54, 1.807) is 12.2 Å². The van der Waals surface area contributed by atoms with Crippen LogP contribution in [0, 0.1) is 0 Å². The zero-order chi connectivity index (χ0) is 23.4. The molecular formula is C26H23F3N2O2. The lowest BCUT2D eigenvalue weighted by Crippen LogP contribution is -2.26. The molecule has 0 fully saturated rings. The van der Waals surface area contributed by atoms with Crippen LogP contribution in [0.5, 0.6) is 0 Å². The third-order valence-corrected chi connectivity index (χ3v) is 5.62. The number of amides is 1. The third-order valence-electron chi connectivity index (χ3n) is 5.62. The Balaban J connectivity index is 1.27. The van der Waals surface area contributed by atoms with Gasteiger partial charge in [0.05, 0.1) is 5.56 Å². The number of fused-ring (bicyclic) bond motifs is 3. The second kappa shape index (κ2) is 9.40. The summed E-state index contributed by atoms with van der Waals surface area (Å²) in [5.41, 5.74) is 9.21. The number of nitrogens with two attached hydrogens (primary N) is 1. The van der Waals surface area contributed by atoms with Crippen LogP contribution in [0.3, 0.4) is 0 Å². The van der Waals surface area contributed by atoms with Gasteiger partial charge in [-0.3, -0.25) is 0 Å². The Morgan fingerprint density at radius 3 is 2.27 bits per heavy atom. The lowest BCUT2D eigenvalue weighted by atomic mass is 9.98.